The maximum Gasteiger partial charge on any atom is 0.234 e. The molecule has 1 saturated heterocycles. The summed E-state index contributed by atoms with van der Waals surface area (Å²) < 4.78 is 0. The number of hydrogen-bond acceptors (Lipinski definition) is 3. The zero-order valence-electron chi connectivity index (χ0n) is 12.6. The lowest BCUT2D eigenvalue weighted by molar-refractivity contribution is -0.122. The van der Waals surface area contributed by atoms with Crippen LogP contribution in [0.25, 0.3) is 0 Å². The molecule has 2 rings (SSSR count). The van der Waals surface area contributed by atoms with Gasteiger partial charge in [0, 0.05) is 32.7 Å². The Labute approximate surface area is 127 Å². The Hall–Kier alpha value is -1.83. The molecule has 0 atom stereocenters. The third kappa shape index (κ3) is 4.89. The second-order valence-electron chi connectivity index (χ2n) is 5.46. The fraction of sp³-hybridized carbons (Fsp3) is 0.471. The van der Waals surface area contributed by atoms with Crippen molar-refractivity contribution in [1.82, 2.24) is 15.1 Å². The summed E-state index contributed by atoms with van der Waals surface area (Å²) in [6.45, 7) is 7.75. The Morgan fingerprint density at radius 1 is 1.24 bits per heavy atom. The first-order valence-corrected chi connectivity index (χ1v) is 7.38. The Kier molecular flexibility index (Phi) is 5.79. The van der Waals surface area contributed by atoms with Gasteiger partial charge in [-0.1, -0.05) is 30.2 Å². The number of terminal acetylenes is 1. The van der Waals surface area contributed by atoms with E-state index in [1.54, 1.807) is 0 Å². The molecule has 0 spiro atoms. The molecule has 1 aromatic rings. The second-order valence-corrected chi connectivity index (χ2v) is 5.46. The number of aryl methyl sites for hydroxylation is 1. The molecule has 1 heterocycles. The van der Waals surface area contributed by atoms with Crippen molar-refractivity contribution in [3.05, 3.63) is 35.4 Å². The first kappa shape index (κ1) is 15.6. The fourth-order valence-corrected chi connectivity index (χ4v) is 2.54. The normalized spacial score (nSPS) is 16.4. The average molecular weight is 285 g/mol. The highest BCUT2D eigenvalue weighted by atomic mass is 16.2. The smallest absolute Gasteiger partial charge is 0.234 e. The van der Waals surface area contributed by atoms with Gasteiger partial charge in [-0.2, -0.15) is 0 Å². The van der Waals surface area contributed by atoms with E-state index in [9.17, 15) is 4.79 Å². The largest absolute Gasteiger partial charge is 0.344 e. The molecule has 0 unspecified atom stereocenters. The van der Waals surface area contributed by atoms with Crippen molar-refractivity contribution < 1.29 is 4.79 Å². The second kappa shape index (κ2) is 7.82. The molecular formula is C17H23N3O. The average Bonchev–Trinajstić information content (AvgIpc) is 2.49. The van der Waals surface area contributed by atoms with E-state index in [-0.39, 0.29) is 5.91 Å². The van der Waals surface area contributed by atoms with E-state index < -0.39 is 0 Å². The van der Waals surface area contributed by atoms with Crippen LogP contribution in [-0.2, 0) is 11.3 Å². The van der Waals surface area contributed by atoms with Gasteiger partial charge in [0.15, 0.2) is 0 Å². The molecule has 1 aliphatic heterocycles. The molecule has 0 radical (unpaired) electrons. The molecule has 1 aliphatic rings. The van der Waals surface area contributed by atoms with Crippen molar-refractivity contribution in [2.45, 2.75) is 13.5 Å². The van der Waals surface area contributed by atoms with E-state index in [2.05, 4.69) is 52.2 Å². The highest BCUT2D eigenvalue weighted by Crippen LogP contribution is 2.12. The van der Waals surface area contributed by atoms with Gasteiger partial charge in [0.25, 0.3) is 0 Å². The third-order valence-corrected chi connectivity index (χ3v) is 3.87. The van der Waals surface area contributed by atoms with Crippen molar-refractivity contribution in [2.75, 3.05) is 39.3 Å². The highest BCUT2D eigenvalue weighted by molar-refractivity contribution is 5.78. The topological polar surface area (TPSA) is 35.6 Å². The quantitative estimate of drug-likeness (QED) is 0.815. The fourth-order valence-electron chi connectivity index (χ4n) is 2.54. The molecule has 1 aromatic carbocycles. The zero-order valence-corrected chi connectivity index (χ0v) is 12.6. The van der Waals surface area contributed by atoms with Crippen molar-refractivity contribution in [3.8, 4) is 12.3 Å². The number of carbonyl (C=O) groups excluding carboxylic acids is 1. The van der Waals surface area contributed by atoms with E-state index in [0.717, 1.165) is 32.7 Å². The Morgan fingerprint density at radius 2 is 1.90 bits per heavy atom. The van der Waals surface area contributed by atoms with Gasteiger partial charge in [0.05, 0.1) is 13.1 Å². The summed E-state index contributed by atoms with van der Waals surface area (Å²) in [5.41, 5.74) is 2.73. The van der Waals surface area contributed by atoms with Gasteiger partial charge in [-0.15, -0.1) is 6.42 Å². The number of rotatable bonds is 5. The summed E-state index contributed by atoms with van der Waals surface area (Å²) in [5, 5.41) is 2.71. The summed E-state index contributed by atoms with van der Waals surface area (Å²) >= 11 is 0. The van der Waals surface area contributed by atoms with E-state index in [0.29, 0.717) is 13.1 Å². The van der Waals surface area contributed by atoms with Crippen molar-refractivity contribution in [2.24, 2.45) is 0 Å². The van der Waals surface area contributed by atoms with Gasteiger partial charge in [-0.25, -0.2) is 0 Å². The zero-order chi connectivity index (χ0) is 15.1. The minimum absolute atomic E-state index is 0.0142. The standard InChI is InChI=1S/C17H23N3O/c1-3-8-18-17(21)14-20-11-9-19(10-12-20)13-16-7-5-4-6-15(16)2/h1,4-7H,8-14H2,2H3,(H,18,21). The Morgan fingerprint density at radius 3 is 2.57 bits per heavy atom. The molecule has 1 amide bonds. The monoisotopic (exact) mass is 285 g/mol. The van der Waals surface area contributed by atoms with Crippen molar-refractivity contribution in [1.29, 1.82) is 0 Å². The predicted molar refractivity (Wildman–Crippen MR) is 84.7 cm³/mol. The lowest BCUT2D eigenvalue weighted by Gasteiger charge is -2.34. The Bertz CT molecular complexity index is 513. The van der Waals surface area contributed by atoms with Gasteiger partial charge >= 0.3 is 0 Å². The maximum absolute atomic E-state index is 11.6. The number of nitrogens with zero attached hydrogens (tertiary/aromatic N) is 2. The van der Waals surface area contributed by atoms with E-state index in [4.69, 9.17) is 6.42 Å². The molecule has 0 saturated carbocycles. The molecule has 4 nitrogen and oxygen atoms in total. The number of nitrogens with one attached hydrogen (secondary N) is 1. The van der Waals surface area contributed by atoms with E-state index in [1.807, 2.05) is 0 Å². The minimum atomic E-state index is 0.0142. The molecule has 1 N–H and O–H groups in total. The van der Waals surface area contributed by atoms with Crippen molar-refractivity contribution in [3.63, 3.8) is 0 Å². The van der Waals surface area contributed by atoms with Crippen LogP contribution < -0.4 is 5.32 Å². The van der Waals surface area contributed by atoms with Crippen LogP contribution in [0.3, 0.4) is 0 Å². The summed E-state index contributed by atoms with van der Waals surface area (Å²) in [6.07, 6.45) is 5.13. The van der Waals surface area contributed by atoms with Crippen LogP contribution >= 0.6 is 0 Å². The summed E-state index contributed by atoms with van der Waals surface area (Å²) in [7, 11) is 0. The third-order valence-electron chi connectivity index (χ3n) is 3.87. The molecule has 1 fully saturated rings. The lowest BCUT2D eigenvalue weighted by Crippen LogP contribution is -2.49. The van der Waals surface area contributed by atoms with Gasteiger partial charge < -0.3 is 5.32 Å². The molecule has 112 valence electrons. The van der Waals surface area contributed by atoms with Gasteiger partial charge in [-0.3, -0.25) is 14.6 Å². The van der Waals surface area contributed by atoms with Gasteiger partial charge in [0.2, 0.25) is 5.91 Å². The molecular weight excluding hydrogens is 262 g/mol. The van der Waals surface area contributed by atoms with E-state index in [1.165, 1.54) is 11.1 Å². The molecule has 0 aliphatic carbocycles. The molecule has 21 heavy (non-hydrogen) atoms. The minimum Gasteiger partial charge on any atom is -0.344 e. The lowest BCUT2D eigenvalue weighted by atomic mass is 10.1. The van der Waals surface area contributed by atoms with Crippen LogP contribution in [0.2, 0.25) is 0 Å². The number of piperazine rings is 1. The van der Waals surface area contributed by atoms with Crippen LogP contribution in [0.1, 0.15) is 11.1 Å². The summed E-state index contributed by atoms with van der Waals surface area (Å²) in [6, 6.07) is 8.51. The predicted octanol–water partition coefficient (Wildman–Crippen LogP) is 0.862. The number of benzene rings is 1. The molecule has 0 aromatic heterocycles. The summed E-state index contributed by atoms with van der Waals surface area (Å²) in [4.78, 5) is 16.2. The van der Waals surface area contributed by atoms with Crippen LogP contribution in [0, 0.1) is 19.3 Å². The molecule has 0 bridgehead atoms. The van der Waals surface area contributed by atoms with Crippen LogP contribution in [-0.4, -0.2) is 55.0 Å². The first-order chi connectivity index (χ1) is 10.2. The Balaban J connectivity index is 1.75. The number of hydrogen-bond donors (Lipinski definition) is 1. The van der Waals surface area contributed by atoms with E-state index >= 15 is 0 Å². The summed E-state index contributed by atoms with van der Waals surface area (Å²) in [5.74, 6) is 2.43. The van der Waals surface area contributed by atoms with Gasteiger partial charge in [-0.05, 0) is 18.1 Å². The van der Waals surface area contributed by atoms with Crippen LogP contribution in [0.15, 0.2) is 24.3 Å². The number of amides is 1. The van der Waals surface area contributed by atoms with Gasteiger partial charge in [0.1, 0.15) is 0 Å². The SMILES string of the molecule is C#CCNC(=O)CN1CCN(Cc2ccccc2C)CC1. The van der Waals surface area contributed by atoms with Crippen LogP contribution in [0.5, 0.6) is 0 Å². The first-order valence-electron chi connectivity index (χ1n) is 7.38. The number of carbonyl (C=O) groups is 1. The van der Waals surface area contributed by atoms with Crippen molar-refractivity contribution >= 4 is 5.91 Å². The molecule has 4 heteroatoms. The van der Waals surface area contributed by atoms with Crippen LogP contribution in [0.4, 0.5) is 0 Å². The highest BCUT2D eigenvalue weighted by Gasteiger charge is 2.19. The maximum atomic E-state index is 11.6.